The molecular formula is C19H30O3Si. The lowest BCUT2D eigenvalue weighted by molar-refractivity contribution is 0.167. The SMILES string of the molecule is CO/C=C(\C)C1=C([Si](C)(C)C)C(OC)=C2C(C)=CC(O)CC21C. The Kier molecular flexibility index (Phi) is 4.71. The van der Waals surface area contributed by atoms with E-state index in [1.807, 2.05) is 12.3 Å². The van der Waals surface area contributed by atoms with Crippen molar-refractivity contribution in [1.82, 2.24) is 0 Å². The number of ether oxygens (including phenoxy) is 2. The molecular weight excluding hydrogens is 304 g/mol. The molecule has 0 aromatic rings. The van der Waals surface area contributed by atoms with Crippen molar-refractivity contribution in [3.8, 4) is 0 Å². The molecule has 0 heterocycles. The lowest BCUT2D eigenvalue weighted by atomic mass is 9.67. The van der Waals surface area contributed by atoms with Gasteiger partial charge in [0.2, 0.25) is 0 Å². The van der Waals surface area contributed by atoms with Crippen LogP contribution in [-0.2, 0) is 9.47 Å². The Morgan fingerprint density at radius 1 is 1.35 bits per heavy atom. The third-order valence-corrected chi connectivity index (χ3v) is 6.88. The van der Waals surface area contributed by atoms with E-state index in [1.54, 1.807) is 14.2 Å². The molecule has 0 radical (unpaired) electrons. The number of hydrogen-bond donors (Lipinski definition) is 1. The third-order valence-electron chi connectivity index (χ3n) is 4.90. The fourth-order valence-electron chi connectivity index (χ4n) is 4.35. The number of aliphatic hydroxyl groups excluding tert-OH is 1. The highest BCUT2D eigenvalue weighted by Gasteiger charge is 2.50. The van der Waals surface area contributed by atoms with Crippen molar-refractivity contribution in [3.05, 3.63) is 45.6 Å². The second kappa shape index (κ2) is 5.99. The number of methoxy groups -OCH3 is 2. The van der Waals surface area contributed by atoms with Gasteiger partial charge in [0.25, 0.3) is 0 Å². The summed E-state index contributed by atoms with van der Waals surface area (Å²) < 4.78 is 11.2. The Morgan fingerprint density at radius 2 is 1.96 bits per heavy atom. The molecule has 128 valence electrons. The highest BCUT2D eigenvalue weighted by Crippen LogP contribution is 2.58. The van der Waals surface area contributed by atoms with Crippen LogP contribution in [0.1, 0.15) is 27.2 Å². The Bertz CT molecular complexity index is 631. The molecule has 2 rings (SSSR count). The summed E-state index contributed by atoms with van der Waals surface area (Å²) in [5.74, 6) is 1.02. The first kappa shape index (κ1) is 18.1. The van der Waals surface area contributed by atoms with Gasteiger partial charge in [-0.1, -0.05) is 32.6 Å². The van der Waals surface area contributed by atoms with Gasteiger partial charge in [0, 0.05) is 11.0 Å². The van der Waals surface area contributed by atoms with Crippen molar-refractivity contribution in [1.29, 1.82) is 0 Å². The minimum atomic E-state index is -1.66. The second-order valence-corrected chi connectivity index (χ2v) is 12.9. The van der Waals surface area contributed by atoms with E-state index in [9.17, 15) is 5.11 Å². The third kappa shape index (κ3) is 2.83. The maximum Gasteiger partial charge on any atom is 0.122 e. The monoisotopic (exact) mass is 334 g/mol. The summed E-state index contributed by atoms with van der Waals surface area (Å²) >= 11 is 0. The molecule has 0 aromatic heterocycles. The van der Waals surface area contributed by atoms with Crippen molar-refractivity contribution in [2.75, 3.05) is 14.2 Å². The first-order valence-corrected chi connectivity index (χ1v) is 11.7. The number of allylic oxidation sites excluding steroid dienone is 5. The van der Waals surface area contributed by atoms with Crippen LogP contribution in [0.4, 0.5) is 0 Å². The molecule has 3 nitrogen and oxygen atoms in total. The molecule has 4 heteroatoms. The summed E-state index contributed by atoms with van der Waals surface area (Å²) in [6, 6.07) is 0. The molecule has 0 saturated carbocycles. The van der Waals surface area contributed by atoms with Gasteiger partial charge in [-0.2, -0.15) is 0 Å². The van der Waals surface area contributed by atoms with Crippen LogP contribution in [0.2, 0.25) is 19.6 Å². The fourth-order valence-corrected chi connectivity index (χ4v) is 6.48. The van der Waals surface area contributed by atoms with Gasteiger partial charge in [0.1, 0.15) is 5.76 Å². The van der Waals surface area contributed by atoms with E-state index in [1.165, 1.54) is 16.3 Å². The molecule has 2 unspecified atom stereocenters. The zero-order chi connectivity index (χ0) is 17.6. The molecule has 0 aliphatic heterocycles. The van der Waals surface area contributed by atoms with Gasteiger partial charge in [0.05, 0.1) is 34.7 Å². The molecule has 0 saturated heterocycles. The molecule has 0 amide bonds. The Labute approximate surface area is 141 Å². The molecule has 0 aromatic carbocycles. The molecule has 23 heavy (non-hydrogen) atoms. The number of aliphatic hydroxyl groups is 1. The van der Waals surface area contributed by atoms with E-state index in [0.29, 0.717) is 6.42 Å². The molecule has 1 N–H and O–H groups in total. The summed E-state index contributed by atoms with van der Waals surface area (Å²) in [6.45, 7) is 13.4. The quantitative estimate of drug-likeness (QED) is 0.614. The fraction of sp³-hybridized carbons (Fsp3) is 0.579. The largest absolute Gasteiger partial charge is 0.504 e. The smallest absolute Gasteiger partial charge is 0.122 e. The van der Waals surface area contributed by atoms with Gasteiger partial charge in [0.15, 0.2) is 0 Å². The van der Waals surface area contributed by atoms with Crippen molar-refractivity contribution in [3.63, 3.8) is 0 Å². The zero-order valence-corrected chi connectivity index (χ0v) is 16.7. The normalized spacial score (nSPS) is 28.8. The van der Waals surface area contributed by atoms with E-state index < -0.39 is 14.2 Å². The topological polar surface area (TPSA) is 38.7 Å². The van der Waals surface area contributed by atoms with Gasteiger partial charge in [-0.3, -0.25) is 0 Å². The van der Waals surface area contributed by atoms with Crippen LogP contribution in [0.5, 0.6) is 0 Å². The first-order chi connectivity index (χ1) is 10.6. The molecule has 2 atom stereocenters. The highest BCUT2D eigenvalue weighted by molar-refractivity contribution is 6.84. The number of rotatable bonds is 4. The van der Waals surface area contributed by atoms with Gasteiger partial charge in [-0.05, 0) is 42.2 Å². The molecule has 0 bridgehead atoms. The van der Waals surface area contributed by atoms with E-state index >= 15 is 0 Å². The number of fused-ring (bicyclic) bond motifs is 1. The van der Waals surface area contributed by atoms with Crippen LogP contribution < -0.4 is 0 Å². The van der Waals surface area contributed by atoms with Crippen molar-refractivity contribution < 1.29 is 14.6 Å². The Balaban J connectivity index is 2.85. The van der Waals surface area contributed by atoms with E-state index in [4.69, 9.17) is 9.47 Å². The Morgan fingerprint density at radius 3 is 2.43 bits per heavy atom. The average molecular weight is 335 g/mol. The van der Waals surface area contributed by atoms with Crippen LogP contribution in [0, 0.1) is 5.41 Å². The minimum absolute atomic E-state index is 0.224. The maximum atomic E-state index is 10.4. The molecule has 0 spiro atoms. The van der Waals surface area contributed by atoms with Crippen LogP contribution in [0.25, 0.3) is 0 Å². The van der Waals surface area contributed by atoms with Crippen molar-refractivity contribution >= 4 is 8.07 Å². The maximum absolute atomic E-state index is 10.4. The van der Waals surface area contributed by atoms with Crippen molar-refractivity contribution in [2.24, 2.45) is 5.41 Å². The minimum Gasteiger partial charge on any atom is -0.504 e. The first-order valence-electron chi connectivity index (χ1n) is 8.19. The molecule has 2 aliphatic carbocycles. The van der Waals surface area contributed by atoms with Gasteiger partial charge in [-0.25, -0.2) is 0 Å². The predicted molar refractivity (Wildman–Crippen MR) is 97.7 cm³/mol. The van der Waals surface area contributed by atoms with Crippen molar-refractivity contribution in [2.45, 2.75) is 52.9 Å². The summed E-state index contributed by atoms with van der Waals surface area (Å²) in [4.78, 5) is 0. The summed E-state index contributed by atoms with van der Waals surface area (Å²) in [7, 11) is 1.79. The summed E-state index contributed by atoms with van der Waals surface area (Å²) in [5, 5.41) is 11.7. The predicted octanol–water partition coefficient (Wildman–Crippen LogP) is 4.34. The highest BCUT2D eigenvalue weighted by atomic mass is 28.3. The number of hydrogen-bond acceptors (Lipinski definition) is 3. The molecule has 0 fully saturated rings. The van der Waals surface area contributed by atoms with Gasteiger partial charge in [-0.15, -0.1) is 0 Å². The average Bonchev–Trinajstić information content (AvgIpc) is 2.67. The summed E-state index contributed by atoms with van der Waals surface area (Å²) in [5.41, 5.74) is 4.55. The van der Waals surface area contributed by atoms with Crippen LogP contribution in [-0.4, -0.2) is 33.5 Å². The Hall–Kier alpha value is -1.26. The van der Waals surface area contributed by atoms with E-state index in [-0.39, 0.29) is 5.41 Å². The van der Waals surface area contributed by atoms with Crippen LogP contribution in [0.3, 0.4) is 0 Å². The lowest BCUT2D eigenvalue weighted by Gasteiger charge is -2.37. The van der Waals surface area contributed by atoms with Crippen LogP contribution >= 0.6 is 0 Å². The standard InChI is InChI=1S/C19H30O3Si/c1-12-9-14(20)10-19(3)15(12)17(22-5)18(23(6,7)8)16(19)13(2)11-21-4/h9,11,14,20H,10H2,1-8H3/b13-11+. The zero-order valence-electron chi connectivity index (χ0n) is 15.7. The van der Waals surface area contributed by atoms with E-state index in [2.05, 4.69) is 40.4 Å². The lowest BCUT2D eigenvalue weighted by Crippen LogP contribution is -2.32. The molecule has 2 aliphatic rings. The second-order valence-electron chi connectivity index (χ2n) is 7.90. The van der Waals surface area contributed by atoms with Gasteiger partial charge < -0.3 is 14.6 Å². The van der Waals surface area contributed by atoms with Crippen LogP contribution in [0.15, 0.2) is 45.6 Å². The van der Waals surface area contributed by atoms with E-state index in [0.717, 1.165) is 16.9 Å². The summed E-state index contributed by atoms with van der Waals surface area (Å²) in [6.07, 6.45) is 4.03. The van der Waals surface area contributed by atoms with Gasteiger partial charge >= 0.3 is 0 Å².